The third-order valence-electron chi connectivity index (χ3n) is 3.65. The Kier molecular flexibility index (Phi) is 4.02. The summed E-state index contributed by atoms with van der Waals surface area (Å²) in [4.78, 5) is 23.5. The Labute approximate surface area is 122 Å². The topological polar surface area (TPSA) is 79.5 Å². The van der Waals surface area contributed by atoms with Gasteiger partial charge in [-0.25, -0.2) is 4.79 Å². The van der Waals surface area contributed by atoms with E-state index in [-0.39, 0.29) is 5.92 Å². The number of fused-ring (bicyclic) bond motifs is 1. The van der Waals surface area contributed by atoms with Gasteiger partial charge in [-0.1, -0.05) is 13.8 Å². The second kappa shape index (κ2) is 5.60. The van der Waals surface area contributed by atoms with Crippen LogP contribution in [0.2, 0.25) is 0 Å². The van der Waals surface area contributed by atoms with E-state index in [0.717, 1.165) is 11.1 Å². The number of amides is 1. The maximum atomic E-state index is 12.3. The van der Waals surface area contributed by atoms with E-state index in [1.54, 1.807) is 13.8 Å². The van der Waals surface area contributed by atoms with E-state index in [1.807, 2.05) is 26.0 Å². The predicted octanol–water partition coefficient (Wildman–Crippen LogP) is 2.89. The zero-order valence-electron chi connectivity index (χ0n) is 12.6. The first-order valence-electron chi connectivity index (χ1n) is 6.83. The molecule has 0 aliphatic heterocycles. The quantitative estimate of drug-likeness (QED) is 0.907. The molecule has 0 fully saturated rings. The molecule has 2 aromatic rings. The molecule has 5 heteroatoms. The van der Waals surface area contributed by atoms with Crippen molar-refractivity contribution in [3.63, 3.8) is 0 Å². The van der Waals surface area contributed by atoms with Crippen LogP contribution in [0, 0.1) is 19.8 Å². The summed E-state index contributed by atoms with van der Waals surface area (Å²) >= 11 is 0. The largest absolute Gasteiger partial charge is 0.480 e. The molecule has 0 spiro atoms. The minimum atomic E-state index is -1.04. The first-order chi connectivity index (χ1) is 9.81. The Hall–Kier alpha value is -2.30. The number of rotatable bonds is 4. The number of hydrogen-bond acceptors (Lipinski definition) is 3. The van der Waals surface area contributed by atoms with Crippen molar-refractivity contribution < 1.29 is 19.1 Å². The van der Waals surface area contributed by atoms with Crippen LogP contribution in [0.15, 0.2) is 22.8 Å². The van der Waals surface area contributed by atoms with Gasteiger partial charge in [0.15, 0.2) is 0 Å². The maximum absolute atomic E-state index is 12.3. The van der Waals surface area contributed by atoms with E-state index in [1.165, 1.54) is 6.26 Å². The predicted molar refractivity (Wildman–Crippen MR) is 79.4 cm³/mol. The van der Waals surface area contributed by atoms with Gasteiger partial charge in [-0.05, 0) is 43.0 Å². The molecule has 0 unspecified atom stereocenters. The van der Waals surface area contributed by atoms with Gasteiger partial charge in [-0.15, -0.1) is 0 Å². The summed E-state index contributed by atoms with van der Waals surface area (Å²) in [6, 6.07) is 2.83. The van der Waals surface area contributed by atoms with Gasteiger partial charge in [-0.3, -0.25) is 4.79 Å². The van der Waals surface area contributed by atoms with Crippen LogP contribution in [-0.2, 0) is 4.79 Å². The molecule has 1 aromatic carbocycles. The number of nitrogens with one attached hydrogen (secondary N) is 1. The Morgan fingerprint density at radius 1 is 1.19 bits per heavy atom. The van der Waals surface area contributed by atoms with Crippen molar-refractivity contribution >= 4 is 22.8 Å². The second-order valence-electron chi connectivity index (χ2n) is 5.62. The van der Waals surface area contributed by atoms with E-state index in [9.17, 15) is 9.59 Å². The minimum Gasteiger partial charge on any atom is -0.480 e. The summed E-state index contributed by atoms with van der Waals surface area (Å²) in [6.07, 6.45) is 1.37. The molecule has 5 nitrogen and oxygen atoms in total. The average Bonchev–Trinajstić information content (AvgIpc) is 2.78. The van der Waals surface area contributed by atoms with Crippen LogP contribution in [-0.4, -0.2) is 23.0 Å². The highest BCUT2D eigenvalue weighted by Gasteiger charge is 2.25. The minimum absolute atomic E-state index is 0.200. The first-order valence-corrected chi connectivity index (χ1v) is 6.83. The summed E-state index contributed by atoms with van der Waals surface area (Å²) in [5.74, 6) is -1.68. The molecule has 1 atom stereocenters. The number of carbonyl (C=O) groups excluding carboxylic acids is 1. The molecule has 0 aliphatic carbocycles. The fourth-order valence-corrected chi connectivity index (χ4v) is 2.19. The van der Waals surface area contributed by atoms with Crippen LogP contribution in [0.25, 0.3) is 11.0 Å². The van der Waals surface area contributed by atoms with Crippen molar-refractivity contribution in [2.75, 3.05) is 0 Å². The van der Waals surface area contributed by atoms with E-state index in [2.05, 4.69) is 5.32 Å². The van der Waals surface area contributed by atoms with E-state index >= 15 is 0 Å². The monoisotopic (exact) mass is 289 g/mol. The lowest BCUT2D eigenvalue weighted by Gasteiger charge is -2.17. The fraction of sp³-hybridized carbons (Fsp3) is 0.375. The Morgan fingerprint density at radius 2 is 1.81 bits per heavy atom. The molecule has 2 N–H and O–H groups in total. The van der Waals surface area contributed by atoms with Crippen molar-refractivity contribution in [3.05, 3.63) is 35.1 Å². The van der Waals surface area contributed by atoms with Gasteiger partial charge in [-0.2, -0.15) is 0 Å². The lowest BCUT2D eigenvalue weighted by molar-refractivity contribution is -0.140. The number of furan rings is 1. The van der Waals surface area contributed by atoms with Gasteiger partial charge >= 0.3 is 5.97 Å². The van der Waals surface area contributed by atoms with Crippen molar-refractivity contribution in [1.82, 2.24) is 5.32 Å². The van der Waals surface area contributed by atoms with Crippen LogP contribution in [0.4, 0.5) is 0 Å². The summed E-state index contributed by atoms with van der Waals surface area (Å²) in [5, 5.41) is 12.4. The van der Waals surface area contributed by atoms with Crippen LogP contribution >= 0.6 is 0 Å². The zero-order valence-corrected chi connectivity index (χ0v) is 12.6. The van der Waals surface area contributed by atoms with Gasteiger partial charge in [0.2, 0.25) is 0 Å². The first kappa shape index (κ1) is 15.1. The van der Waals surface area contributed by atoms with Crippen molar-refractivity contribution in [2.24, 2.45) is 5.92 Å². The van der Waals surface area contributed by atoms with Crippen molar-refractivity contribution in [3.8, 4) is 0 Å². The molecule has 2 rings (SSSR count). The number of carboxylic acids is 1. The highest BCUT2D eigenvalue weighted by Crippen LogP contribution is 2.25. The highest BCUT2D eigenvalue weighted by molar-refractivity contribution is 6.07. The number of aliphatic carboxylic acids is 1. The van der Waals surface area contributed by atoms with E-state index in [4.69, 9.17) is 9.52 Å². The molecule has 1 heterocycles. The van der Waals surface area contributed by atoms with Crippen LogP contribution in [0.1, 0.15) is 35.3 Å². The maximum Gasteiger partial charge on any atom is 0.326 e. The number of carbonyl (C=O) groups is 2. The van der Waals surface area contributed by atoms with Gasteiger partial charge < -0.3 is 14.8 Å². The number of aryl methyl sites for hydroxylation is 2. The normalized spacial score (nSPS) is 12.6. The van der Waals surface area contributed by atoms with Crippen molar-refractivity contribution in [1.29, 1.82) is 0 Å². The van der Waals surface area contributed by atoms with Crippen LogP contribution < -0.4 is 5.32 Å². The van der Waals surface area contributed by atoms with Gasteiger partial charge in [0.05, 0.1) is 5.56 Å². The summed E-state index contributed by atoms with van der Waals surface area (Å²) in [5.41, 5.74) is 3.12. The number of hydrogen-bond donors (Lipinski definition) is 2. The molecule has 112 valence electrons. The van der Waals surface area contributed by atoms with E-state index in [0.29, 0.717) is 16.5 Å². The Balaban J connectivity index is 2.36. The summed E-state index contributed by atoms with van der Waals surface area (Å²) in [6.45, 7) is 7.42. The van der Waals surface area contributed by atoms with Crippen LogP contribution in [0.3, 0.4) is 0 Å². The fourth-order valence-electron chi connectivity index (χ4n) is 2.19. The third-order valence-corrected chi connectivity index (χ3v) is 3.65. The lowest BCUT2D eigenvalue weighted by atomic mass is 10.0. The Bertz CT molecular complexity index is 700. The molecule has 0 saturated carbocycles. The smallest absolute Gasteiger partial charge is 0.326 e. The molecule has 1 amide bonds. The molecule has 0 radical (unpaired) electrons. The molecule has 1 aromatic heterocycles. The molecular weight excluding hydrogens is 270 g/mol. The Morgan fingerprint density at radius 3 is 2.38 bits per heavy atom. The molecule has 0 bridgehead atoms. The van der Waals surface area contributed by atoms with Crippen LogP contribution in [0.5, 0.6) is 0 Å². The molecule has 0 saturated heterocycles. The molecular formula is C16H19NO4. The summed E-state index contributed by atoms with van der Waals surface area (Å²) < 4.78 is 5.40. The average molecular weight is 289 g/mol. The SMILES string of the molecule is Cc1cc2occ(C(=O)N[C@H](C(=O)O)C(C)C)c2cc1C. The number of carboxylic acid groups (broad SMARTS) is 1. The number of benzene rings is 1. The van der Waals surface area contributed by atoms with Crippen molar-refractivity contribution in [2.45, 2.75) is 33.7 Å². The van der Waals surface area contributed by atoms with E-state index < -0.39 is 17.9 Å². The van der Waals surface area contributed by atoms with Gasteiger partial charge in [0.1, 0.15) is 17.9 Å². The van der Waals surface area contributed by atoms with Gasteiger partial charge in [0.25, 0.3) is 5.91 Å². The zero-order chi connectivity index (χ0) is 15.7. The molecule has 21 heavy (non-hydrogen) atoms. The highest BCUT2D eigenvalue weighted by atomic mass is 16.4. The van der Waals surface area contributed by atoms with Gasteiger partial charge in [0, 0.05) is 5.39 Å². The second-order valence-corrected chi connectivity index (χ2v) is 5.62. The molecule has 0 aliphatic rings. The third kappa shape index (κ3) is 2.91. The lowest BCUT2D eigenvalue weighted by Crippen LogP contribution is -2.44. The standard InChI is InChI=1S/C16H19NO4/c1-8(2)14(16(19)20)17-15(18)12-7-21-13-6-10(4)9(3)5-11(12)13/h5-8,14H,1-4H3,(H,17,18)(H,19,20)/t14-/m0/s1. The summed E-state index contributed by atoms with van der Waals surface area (Å²) in [7, 11) is 0.